The number of benzene rings is 3. The number of hydrogen-bond donors (Lipinski definition) is 0. The largest absolute Gasteiger partial charge is 0.484 e. The highest BCUT2D eigenvalue weighted by molar-refractivity contribution is 5.78. The van der Waals surface area contributed by atoms with Crippen LogP contribution in [0.15, 0.2) is 84.9 Å². The molecule has 0 aliphatic carbocycles. The van der Waals surface area contributed by atoms with Crippen LogP contribution in [0.1, 0.15) is 27.5 Å². The van der Waals surface area contributed by atoms with Crippen molar-refractivity contribution in [2.24, 2.45) is 0 Å². The molecule has 0 radical (unpaired) electrons. The maximum atomic E-state index is 12.8. The molecule has 4 nitrogen and oxygen atoms in total. The van der Waals surface area contributed by atoms with Crippen LogP contribution in [0.5, 0.6) is 5.75 Å². The quantitative estimate of drug-likeness (QED) is 0.596. The van der Waals surface area contributed by atoms with Crippen molar-refractivity contribution in [3.63, 3.8) is 0 Å². The third kappa shape index (κ3) is 4.61. The van der Waals surface area contributed by atoms with Gasteiger partial charge < -0.3 is 9.64 Å². The molecule has 0 fully saturated rings. The zero-order chi connectivity index (χ0) is 19.1. The van der Waals surface area contributed by atoms with Gasteiger partial charge in [-0.1, -0.05) is 60.7 Å². The molecule has 0 unspecified atom stereocenters. The van der Waals surface area contributed by atoms with Crippen molar-refractivity contribution in [3.05, 3.63) is 102 Å². The average Bonchev–Trinajstić information content (AvgIpc) is 2.74. The molecule has 136 valence electrons. The monoisotopic (exact) mass is 359 g/mol. The van der Waals surface area contributed by atoms with Gasteiger partial charge >= 0.3 is 0 Å². The second-order valence-electron chi connectivity index (χ2n) is 6.20. The predicted octanol–water partition coefficient (Wildman–Crippen LogP) is 4.13. The lowest BCUT2D eigenvalue weighted by molar-refractivity contribution is -0.133. The van der Waals surface area contributed by atoms with Gasteiger partial charge in [0, 0.05) is 12.6 Å². The summed E-state index contributed by atoms with van der Waals surface area (Å²) in [6.07, 6.45) is 0.771. The van der Waals surface area contributed by atoms with E-state index in [2.05, 4.69) is 0 Å². The van der Waals surface area contributed by atoms with E-state index in [-0.39, 0.29) is 18.6 Å². The number of carbonyl (C=O) groups excluding carboxylic acids is 2. The van der Waals surface area contributed by atoms with Gasteiger partial charge in [-0.25, -0.2) is 0 Å². The van der Waals surface area contributed by atoms with Crippen molar-refractivity contribution in [2.75, 3.05) is 13.7 Å². The summed E-state index contributed by atoms with van der Waals surface area (Å²) in [5, 5.41) is 0. The standard InChI is InChI=1S/C23H21NO3/c1-24(22(26)17-27-21-14-12-18(16-25)13-15-21)23(19-8-4-2-5-9-19)20-10-6-3-7-11-20/h2-16,23H,17H2,1H3. The van der Waals surface area contributed by atoms with Crippen LogP contribution in [0.4, 0.5) is 0 Å². The highest BCUT2D eigenvalue weighted by Gasteiger charge is 2.23. The van der Waals surface area contributed by atoms with Crippen LogP contribution in [0.25, 0.3) is 0 Å². The lowest BCUT2D eigenvalue weighted by atomic mass is 9.97. The molecule has 0 saturated carbocycles. The van der Waals surface area contributed by atoms with E-state index in [4.69, 9.17) is 4.74 Å². The van der Waals surface area contributed by atoms with Gasteiger partial charge in [0.1, 0.15) is 12.0 Å². The second-order valence-corrected chi connectivity index (χ2v) is 6.20. The molecule has 3 aromatic rings. The Bertz CT molecular complexity index is 837. The van der Waals surface area contributed by atoms with E-state index in [1.54, 1.807) is 36.2 Å². The molecule has 0 atom stereocenters. The number of amides is 1. The Balaban J connectivity index is 1.75. The number of ether oxygens (including phenoxy) is 1. The molecule has 0 saturated heterocycles. The van der Waals surface area contributed by atoms with Crippen molar-refractivity contribution < 1.29 is 14.3 Å². The van der Waals surface area contributed by atoms with E-state index < -0.39 is 0 Å². The molecule has 27 heavy (non-hydrogen) atoms. The van der Waals surface area contributed by atoms with E-state index >= 15 is 0 Å². The summed E-state index contributed by atoms with van der Waals surface area (Å²) in [6.45, 7) is -0.0763. The first kappa shape index (κ1) is 18.4. The molecule has 0 bridgehead atoms. The molecule has 0 aromatic heterocycles. The highest BCUT2D eigenvalue weighted by atomic mass is 16.5. The number of aldehydes is 1. The number of nitrogens with zero attached hydrogens (tertiary/aromatic N) is 1. The minimum atomic E-state index is -0.194. The highest BCUT2D eigenvalue weighted by Crippen LogP contribution is 2.27. The first-order chi connectivity index (χ1) is 13.2. The lowest BCUT2D eigenvalue weighted by Gasteiger charge is -2.29. The number of likely N-dealkylation sites (N-methyl/N-ethyl adjacent to an activating group) is 1. The smallest absolute Gasteiger partial charge is 0.261 e. The minimum Gasteiger partial charge on any atom is -0.484 e. The van der Waals surface area contributed by atoms with E-state index in [9.17, 15) is 9.59 Å². The molecule has 0 heterocycles. The van der Waals surface area contributed by atoms with Gasteiger partial charge in [0.05, 0.1) is 6.04 Å². The Kier molecular flexibility index (Phi) is 6.00. The summed E-state index contributed by atoms with van der Waals surface area (Å²) >= 11 is 0. The Morgan fingerprint density at radius 2 is 1.41 bits per heavy atom. The van der Waals surface area contributed by atoms with Gasteiger partial charge in [-0.2, -0.15) is 0 Å². The molecular formula is C23H21NO3. The molecule has 0 aliphatic rings. The maximum Gasteiger partial charge on any atom is 0.261 e. The Labute approximate surface area is 159 Å². The van der Waals surface area contributed by atoms with Crippen molar-refractivity contribution in [2.45, 2.75) is 6.04 Å². The lowest BCUT2D eigenvalue weighted by Crippen LogP contribution is -2.35. The molecule has 0 spiro atoms. The summed E-state index contributed by atoms with van der Waals surface area (Å²) in [6, 6.07) is 26.3. The average molecular weight is 359 g/mol. The molecule has 0 aliphatic heterocycles. The van der Waals surface area contributed by atoms with Crippen LogP contribution in [0, 0.1) is 0 Å². The fraction of sp³-hybridized carbons (Fsp3) is 0.130. The number of hydrogen-bond acceptors (Lipinski definition) is 3. The third-order valence-corrected chi connectivity index (χ3v) is 4.39. The van der Waals surface area contributed by atoms with Crippen molar-refractivity contribution in [3.8, 4) is 5.75 Å². The van der Waals surface area contributed by atoms with Crippen LogP contribution in [-0.2, 0) is 4.79 Å². The molecule has 4 heteroatoms. The normalized spacial score (nSPS) is 10.4. The van der Waals surface area contributed by atoms with E-state index in [0.717, 1.165) is 17.4 Å². The Morgan fingerprint density at radius 3 is 1.89 bits per heavy atom. The number of carbonyl (C=O) groups is 2. The zero-order valence-corrected chi connectivity index (χ0v) is 15.1. The summed E-state index contributed by atoms with van der Waals surface area (Å²) in [5.74, 6) is 0.422. The van der Waals surface area contributed by atoms with Gasteiger partial charge in [-0.3, -0.25) is 9.59 Å². The molecule has 3 aromatic carbocycles. The first-order valence-electron chi connectivity index (χ1n) is 8.72. The van der Waals surface area contributed by atoms with E-state index in [1.165, 1.54) is 0 Å². The molecule has 3 rings (SSSR count). The third-order valence-electron chi connectivity index (χ3n) is 4.39. The van der Waals surface area contributed by atoms with Crippen LogP contribution < -0.4 is 4.74 Å². The van der Waals surface area contributed by atoms with Gasteiger partial charge in [0.2, 0.25) is 0 Å². The van der Waals surface area contributed by atoms with Crippen molar-refractivity contribution in [1.82, 2.24) is 4.90 Å². The molecule has 1 amide bonds. The summed E-state index contributed by atoms with van der Waals surface area (Å²) in [5.41, 5.74) is 2.64. The van der Waals surface area contributed by atoms with Crippen LogP contribution in [0.2, 0.25) is 0 Å². The fourth-order valence-electron chi connectivity index (χ4n) is 2.94. The van der Waals surface area contributed by atoms with Gasteiger partial charge in [0.15, 0.2) is 6.61 Å². The van der Waals surface area contributed by atoms with Crippen molar-refractivity contribution in [1.29, 1.82) is 0 Å². The van der Waals surface area contributed by atoms with Gasteiger partial charge in [-0.05, 0) is 35.4 Å². The molecule has 0 N–H and O–H groups in total. The van der Waals surface area contributed by atoms with Gasteiger partial charge in [0.25, 0.3) is 5.91 Å². The van der Waals surface area contributed by atoms with Crippen molar-refractivity contribution >= 4 is 12.2 Å². The SMILES string of the molecule is CN(C(=O)COc1ccc(C=O)cc1)C(c1ccccc1)c1ccccc1. The van der Waals surface area contributed by atoms with Crippen LogP contribution >= 0.6 is 0 Å². The van der Waals surface area contributed by atoms with Crippen LogP contribution in [0.3, 0.4) is 0 Å². The zero-order valence-electron chi connectivity index (χ0n) is 15.1. The van der Waals surface area contributed by atoms with E-state index in [1.807, 2.05) is 60.7 Å². The summed E-state index contributed by atoms with van der Waals surface area (Å²) in [4.78, 5) is 25.2. The van der Waals surface area contributed by atoms with E-state index in [0.29, 0.717) is 11.3 Å². The predicted molar refractivity (Wildman–Crippen MR) is 105 cm³/mol. The Morgan fingerprint density at radius 1 is 0.889 bits per heavy atom. The second kappa shape index (κ2) is 8.81. The van der Waals surface area contributed by atoms with Crippen LogP contribution in [-0.4, -0.2) is 30.7 Å². The molecular weight excluding hydrogens is 338 g/mol. The summed E-state index contributed by atoms with van der Waals surface area (Å²) in [7, 11) is 1.78. The topological polar surface area (TPSA) is 46.6 Å². The maximum absolute atomic E-state index is 12.8. The Hall–Kier alpha value is -3.40. The number of rotatable bonds is 7. The van der Waals surface area contributed by atoms with Gasteiger partial charge in [-0.15, -0.1) is 0 Å². The summed E-state index contributed by atoms with van der Waals surface area (Å²) < 4.78 is 5.60. The minimum absolute atomic E-state index is 0.0763. The fourth-order valence-corrected chi connectivity index (χ4v) is 2.94. The first-order valence-corrected chi connectivity index (χ1v) is 8.72.